The predicted octanol–water partition coefficient (Wildman–Crippen LogP) is 2.65. The van der Waals surface area contributed by atoms with Crippen molar-refractivity contribution in [3.05, 3.63) is 0 Å². The van der Waals surface area contributed by atoms with Crippen LogP contribution in [0.1, 0.15) is 45.4 Å². The van der Waals surface area contributed by atoms with Gasteiger partial charge >= 0.3 is 0 Å². The molecule has 1 saturated carbocycles. The van der Waals surface area contributed by atoms with E-state index in [9.17, 15) is 0 Å². The van der Waals surface area contributed by atoms with Crippen LogP contribution in [0.25, 0.3) is 0 Å². The van der Waals surface area contributed by atoms with Crippen LogP contribution in [0.2, 0.25) is 0 Å². The normalized spacial score (nSPS) is 45.3. The zero-order valence-corrected chi connectivity index (χ0v) is 12.1. The van der Waals surface area contributed by atoms with Crippen molar-refractivity contribution in [1.29, 1.82) is 0 Å². The van der Waals surface area contributed by atoms with Gasteiger partial charge in [-0.3, -0.25) is 4.90 Å². The summed E-state index contributed by atoms with van der Waals surface area (Å²) < 4.78 is 12.4. The van der Waals surface area contributed by atoms with E-state index >= 15 is 0 Å². The Balaban J connectivity index is 1.69. The SMILES string of the molecule is CC[C@@H]1[C@H]2CCCCN3CC[C@@H](CC14OCCO4)[C@@H]23. The number of nitrogens with zero attached hydrogens (tertiary/aromatic N) is 1. The number of hydrogen-bond donors (Lipinski definition) is 0. The molecule has 3 heteroatoms. The van der Waals surface area contributed by atoms with Crippen LogP contribution in [-0.2, 0) is 9.47 Å². The minimum Gasteiger partial charge on any atom is -0.347 e. The van der Waals surface area contributed by atoms with Gasteiger partial charge in [0.1, 0.15) is 0 Å². The predicted molar refractivity (Wildman–Crippen MR) is 73.8 cm³/mol. The molecule has 3 nitrogen and oxygen atoms in total. The molecule has 0 amide bonds. The molecule has 19 heavy (non-hydrogen) atoms. The standard InChI is InChI=1S/C16H27NO2/c1-2-14-13-5-3-4-7-17-8-6-12(15(13)17)11-16(14)18-9-10-19-16/h12-15H,2-11H2,1H3/t12-,13+,14+,15-/m0/s1. The summed E-state index contributed by atoms with van der Waals surface area (Å²) in [4.78, 5) is 2.80. The average molecular weight is 265 g/mol. The summed E-state index contributed by atoms with van der Waals surface area (Å²) in [6.07, 6.45) is 7.92. The lowest BCUT2D eigenvalue weighted by molar-refractivity contribution is -0.243. The van der Waals surface area contributed by atoms with Crippen molar-refractivity contribution in [1.82, 2.24) is 4.90 Å². The van der Waals surface area contributed by atoms with Gasteiger partial charge in [-0.2, -0.15) is 0 Å². The van der Waals surface area contributed by atoms with Crippen molar-refractivity contribution in [2.24, 2.45) is 17.8 Å². The first-order valence-electron chi connectivity index (χ1n) is 8.36. The Hall–Kier alpha value is -0.120. The second-order valence-corrected chi connectivity index (χ2v) is 6.96. The molecule has 3 heterocycles. The molecule has 108 valence electrons. The molecule has 1 spiro atoms. The van der Waals surface area contributed by atoms with E-state index in [0.29, 0.717) is 5.92 Å². The fourth-order valence-electron chi connectivity index (χ4n) is 5.62. The quantitative estimate of drug-likeness (QED) is 0.727. The molecule has 3 saturated heterocycles. The molecule has 0 radical (unpaired) electrons. The number of ether oxygens (including phenoxy) is 2. The van der Waals surface area contributed by atoms with E-state index < -0.39 is 0 Å². The summed E-state index contributed by atoms with van der Waals surface area (Å²) in [7, 11) is 0. The van der Waals surface area contributed by atoms with E-state index in [2.05, 4.69) is 11.8 Å². The molecular formula is C16H27NO2. The second-order valence-electron chi connectivity index (χ2n) is 6.96. The summed E-state index contributed by atoms with van der Waals surface area (Å²) in [6.45, 7) is 6.61. The molecule has 4 fully saturated rings. The van der Waals surface area contributed by atoms with Gasteiger partial charge in [-0.05, 0) is 50.6 Å². The fourth-order valence-corrected chi connectivity index (χ4v) is 5.62. The van der Waals surface area contributed by atoms with Crippen molar-refractivity contribution in [3.8, 4) is 0 Å². The lowest BCUT2D eigenvalue weighted by atomic mass is 9.65. The summed E-state index contributed by atoms with van der Waals surface area (Å²) in [5, 5.41) is 0. The van der Waals surface area contributed by atoms with Gasteiger partial charge in [0.15, 0.2) is 5.79 Å². The van der Waals surface area contributed by atoms with Crippen molar-refractivity contribution >= 4 is 0 Å². The Bertz CT molecular complexity index is 340. The number of rotatable bonds is 1. The van der Waals surface area contributed by atoms with Crippen molar-refractivity contribution in [2.75, 3.05) is 26.3 Å². The molecular weight excluding hydrogens is 238 g/mol. The fraction of sp³-hybridized carbons (Fsp3) is 1.00. The van der Waals surface area contributed by atoms with Crippen LogP contribution < -0.4 is 0 Å². The zero-order valence-electron chi connectivity index (χ0n) is 12.1. The van der Waals surface area contributed by atoms with Gasteiger partial charge in [0.2, 0.25) is 0 Å². The Morgan fingerprint density at radius 2 is 1.95 bits per heavy atom. The Labute approximate surface area is 116 Å². The molecule has 0 aromatic heterocycles. The van der Waals surface area contributed by atoms with E-state index in [1.165, 1.54) is 45.2 Å². The third-order valence-electron chi connectivity index (χ3n) is 6.21. The highest BCUT2D eigenvalue weighted by atomic mass is 16.7. The third-order valence-corrected chi connectivity index (χ3v) is 6.21. The molecule has 0 unspecified atom stereocenters. The molecule has 4 aliphatic rings. The van der Waals surface area contributed by atoms with Crippen LogP contribution >= 0.6 is 0 Å². The van der Waals surface area contributed by atoms with Crippen LogP contribution in [0.5, 0.6) is 0 Å². The smallest absolute Gasteiger partial charge is 0.171 e. The minimum absolute atomic E-state index is 0.207. The highest BCUT2D eigenvalue weighted by Gasteiger charge is 2.58. The molecule has 0 N–H and O–H groups in total. The summed E-state index contributed by atoms with van der Waals surface area (Å²) in [5.74, 6) is 2.05. The van der Waals surface area contributed by atoms with Crippen molar-refractivity contribution in [3.63, 3.8) is 0 Å². The molecule has 0 aromatic rings. The van der Waals surface area contributed by atoms with Gasteiger partial charge in [0.05, 0.1) is 13.2 Å². The Morgan fingerprint density at radius 3 is 2.74 bits per heavy atom. The summed E-state index contributed by atoms with van der Waals surface area (Å²) in [6, 6.07) is 0.839. The molecule has 3 aliphatic heterocycles. The van der Waals surface area contributed by atoms with Crippen LogP contribution in [0.3, 0.4) is 0 Å². The van der Waals surface area contributed by atoms with Gasteiger partial charge < -0.3 is 9.47 Å². The molecule has 1 aliphatic carbocycles. The van der Waals surface area contributed by atoms with Crippen molar-refractivity contribution < 1.29 is 9.47 Å². The largest absolute Gasteiger partial charge is 0.347 e. The highest BCUT2D eigenvalue weighted by molar-refractivity contribution is 5.05. The Morgan fingerprint density at radius 1 is 1.11 bits per heavy atom. The maximum atomic E-state index is 6.18. The minimum atomic E-state index is -0.207. The van der Waals surface area contributed by atoms with Crippen LogP contribution in [0.15, 0.2) is 0 Å². The monoisotopic (exact) mass is 265 g/mol. The molecule has 0 aromatic carbocycles. The average Bonchev–Trinajstić information content (AvgIpc) is 2.97. The Kier molecular flexibility index (Phi) is 3.13. The second kappa shape index (κ2) is 4.71. The van der Waals surface area contributed by atoms with E-state index in [1.807, 2.05) is 0 Å². The summed E-state index contributed by atoms with van der Waals surface area (Å²) in [5.41, 5.74) is 0. The lowest BCUT2D eigenvalue weighted by Gasteiger charge is -2.50. The molecule has 4 rings (SSSR count). The zero-order chi connectivity index (χ0) is 12.9. The number of hydrogen-bond acceptors (Lipinski definition) is 3. The van der Waals surface area contributed by atoms with Gasteiger partial charge in [-0.15, -0.1) is 0 Å². The first-order chi connectivity index (χ1) is 9.34. The van der Waals surface area contributed by atoms with E-state index in [1.54, 1.807) is 0 Å². The van der Waals surface area contributed by atoms with E-state index in [0.717, 1.165) is 37.5 Å². The first kappa shape index (κ1) is 12.6. The van der Waals surface area contributed by atoms with Gasteiger partial charge in [0, 0.05) is 18.4 Å². The maximum absolute atomic E-state index is 6.18. The lowest BCUT2D eigenvalue weighted by Crippen LogP contribution is -2.56. The molecule has 0 bridgehead atoms. The van der Waals surface area contributed by atoms with Crippen LogP contribution in [-0.4, -0.2) is 43.0 Å². The van der Waals surface area contributed by atoms with Gasteiger partial charge in [-0.1, -0.05) is 13.3 Å². The highest BCUT2D eigenvalue weighted by Crippen LogP contribution is 2.54. The van der Waals surface area contributed by atoms with Gasteiger partial charge in [0.25, 0.3) is 0 Å². The topological polar surface area (TPSA) is 21.7 Å². The van der Waals surface area contributed by atoms with Gasteiger partial charge in [-0.25, -0.2) is 0 Å². The maximum Gasteiger partial charge on any atom is 0.171 e. The van der Waals surface area contributed by atoms with Crippen molar-refractivity contribution in [2.45, 2.75) is 57.3 Å². The van der Waals surface area contributed by atoms with Crippen LogP contribution in [0.4, 0.5) is 0 Å². The van der Waals surface area contributed by atoms with E-state index in [-0.39, 0.29) is 5.79 Å². The molecule has 4 atom stereocenters. The first-order valence-corrected chi connectivity index (χ1v) is 8.36. The summed E-state index contributed by atoms with van der Waals surface area (Å²) >= 11 is 0. The van der Waals surface area contributed by atoms with E-state index in [4.69, 9.17) is 9.47 Å². The third kappa shape index (κ3) is 1.81. The van der Waals surface area contributed by atoms with Crippen LogP contribution in [0, 0.1) is 17.8 Å².